The van der Waals surface area contributed by atoms with Gasteiger partial charge in [-0.05, 0) is 56.2 Å². The molecule has 185 valence electrons. The Morgan fingerprint density at radius 3 is 2.20 bits per heavy atom. The number of aryl methyl sites for hydroxylation is 2. The van der Waals surface area contributed by atoms with Gasteiger partial charge in [0, 0.05) is 57.8 Å². The van der Waals surface area contributed by atoms with E-state index in [0.29, 0.717) is 23.4 Å². The number of ketones is 1. The van der Waals surface area contributed by atoms with E-state index < -0.39 is 0 Å². The fraction of sp³-hybridized carbons (Fsp3) is 0.533. The summed E-state index contributed by atoms with van der Waals surface area (Å²) in [4.78, 5) is 29.2. The average Bonchev–Trinajstić information content (AvgIpc) is 3.11. The van der Waals surface area contributed by atoms with Crippen LogP contribution in [0.2, 0.25) is 0 Å². The average molecular weight is 551 g/mol. The van der Waals surface area contributed by atoms with Crippen LogP contribution < -0.4 is 0 Å². The standard InChI is InChI=1S/C30H41N2O2.Y/c1-24-12-10-13-25(2)29(24)20-28(33)23-32(21-26-14-6-5-7-15-26)19-11-16-27(22-32)30(34)31-17-8-3-4-9-18-31;/h5-7,10,12-15,27H,3-4,8-9,11,16-23H2,1-2H3;/q+1;. The van der Waals surface area contributed by atoms with Gasteiger partial charge in [-0.2, -0.15) is 0 Å². The SMILES string of the molecule is Cc1cccc(C)c1CC(=O)C[N+]1(Cc2ccccc2)CCCC(C(=O)N2CCCCCC2)C1.[Y]. The maximum Gasteiger partial charge on any atom is 0.231 e. The molecule has 1 radical (unpaired) electrons. The Balaban J connectivity index is 0.00000342. The Kier molecular flexibility index (Phi) is 10.7. The first kappa shape index (κ1) is 28.2. The van der Waals surface area contributed by atoms with E-state index in [1.54, 1.807) is 0 Å². The maximum absolute atomic E-state index is 13.5. The van der Waals surface area contributed by atoms with Crippen LogP contribution in [0, 0.1) is 19.8 Å². The van der Waals surface area contributed by atoms with Crippen molar-refractivity contribution in [3.8, 4) is 0 Å². The maximum atomic E-state index is 13.5. The number of likely N-dealkylation sites (tertiary alicyclic amines) is 2. The molecule has 2 aliphatic heterocycles. The predicted octanol–water partition coefficient (Wildman–Crippen LogP) is 5.24. The monoisotopic (exact) mass is 550 g/mol. The molecule has 2 fully saturated rings. The zero-order valence-corrected chi connectivity index (χ0v) is 24.5. The third-order valence-corrected chi connectivity index (χ3v) is 7.95. The van der Waals surface area contributed by atoms with Gasteiger partial charge in [-0.25, -0.2) is 0 Å². The molecular formula is C30H41N2O2Y+. The Hall–Kier alpha value is -1.36. The van der Waals surface area contributed by atoms with Crippen LogP contribution in [-0.4, -0.2) is 53.8 Å². The molecule has 2 unspecified atom stereocenters. The largest absolute Gasteiger partial charge is 0.342 e. The summed E-state index contributed by atoms with van der Waals surface area (Å²) >= 11 is 0. The van der Waals surface area contributed by atoms with Crippen molar-refractivity contribution < 1.29 is 46.8 Å². The van der Waals surface area contributed by atoms with Crippen molar-refractivity contribution in [2.24, 2.45) is 5.92 Å². The van der Waals surface area contributed by atoms with Gasteiger partial charge in [0.25, 0.3) is 0 Å². The summed E-state index contributed by atoms with van der Waals surface area (Å²) in [5, 5.41) is 0. The first-order valence-electron chi connectivity index (χ1n) is 13.2. The number of carbonyl (C=O) groups excluding carboxylic acids is 2. The summed E-state index contributed by atoms with van der Waals surface area (Å²) < 4.78 is 0.706. The van der Waals surface area contributed by atoms with Gasteiger partial charge in [0.2, 0.25) is 5.91 Å². The first-order valence-corrected chi connectivity index (χ1v) is 13.2. The molecule has 2 atom stereocenters. The molecule has 2 aromatic carbocycles. The molecule has 0 spiro atoms. The molecule has 0 bridgehead atoms. The zero-order chi connectivity index (χ0) is 24.0. The van der Waals surface area contributed by atoms with Crippen LogP contribution in [0.5, 0.6) is 0 Å². The topological polar surface area (TPSA) is 37.4 Å². The molecule has 35 heavy (non-hydrogen) atoms. The number of benzene rings is 2. The minimum atomic E-state index is 0. The van der Waals surface area contributed by atoms with Crippen LogP contribution in [0.15, 0.2) is 48.5 Å². The van der Waals surface area contributed by atoms with Crippen LogP contribution >= 0.6 is 0 Å². The van der Waals surface area contributed by atoms with E-state index in [2.05, 4.69) is 61.2 Å². The number of piperidine rings is 1. The van der Waals surface area contributed by atoms with Gasteiger partial charge < -0.3 is 9.38 Å². The molecule has 4 rings (SSSR count). The summed E-state index contributed by atoms with van der Waals surface area (Å²) in [5.41, 5.74) is 4.80. The molecule has 2 aliphatic rings. The zero-order valence-electron chi connectivity index (χ0n) is 21.7. The molecule has 0 aromatic heterocycles. The quantitative estimate of drug-likeness (QED) is 0.442. The number of hydrogen-bond donors (Lipinski definition) is 0. The Morgan fingerprint density at radius 2 is 1.54 bits per heavy atom. The normalized spacial score (nSPS) is 22.7. The van der Waals surface area contributed by atoms with Crippen molar-refractivity contribution in [3.05, 3.63) is 70.8 Å². The van der Waals surface area contributed by atoms with Gasteiger partial charge in [-0.15, -0.1) is 0 Å². The van der Waals surface area contributed by atoms with Crippen molar-refractivity contribution in [1.82, 2.24) is 4.90 Å². The Morgan fingerprint density at radius 1 is 0.886 bits per heavy atom. The number of Topliss-reactive ketones (excluding diaryl/α,β-unsaturated/α-hetero) is 1. The first-order chi connectivity index (χ1) is 16.5. The molecular weight excluding hydrogens is 509 g/mol. The van der Waals surface area contributed by atoms with Crippen molar-refractivity contribution in [1.29, 1.82) is 0 Å². The third-order valence-electron chi connectivity index (χ3n) is 7.95. The van der Waals surface area contributed by atoms with Crippen LogP contribution in [0.4, 0.5) is 0 Å². The summed E-state index contributed by atoms with van der Waals surface area (Å²) in [6.45, 7) is 9.08. The summed E-state index contributed by atoms with van der Waals surface area (Å²) in [5.74, 6) is 0.652. The smallest absolute Gasteiger partial charge is 0.231 e. The van der Waals surface area contributed by atoms with Gasteiger partial charge in [0.05, 0.1) is 19.0 Å². The van der Waals surface area contributed by atoms with Crippen LogP contribution in [0.1, 0.15) is 60.8 Å². The van der Waals surface area contributed by atoms with E-state index in [4.69, 9.17) is 0 Å². The van der Waals surface area contributed by atoms with E-state index in [-0.39, 0.29) is 44.4 Å². The number of rotatable bonds is 7. The molecule has 0 saturated carbocycles. The minimum absolute atomic E-state index is 0. The van der Waals surface area contributed by atoms with Crippen molar-refractivity contribution in [2.45, 2.75) is 65.3 Å². The Labute approximate surface area is 236 Å². The molecule has 2 saturated heterocycles. The second kappa shape index (κ2) is 13.3. The molecule has 0 N–H and O–H groups in total. The van der Waals surface area contributed by atoms with Crippen molar-refractivity contribution >= 4 is 11.7 Å². The van der Waals surface area contributed by atoms with E-state index in [1.807, 2.05) is 6.07 Å². The molecule has 2 aromatic rings. The van der Waals surface area contributed by atoms with E-state index in [0.717, 1.165) is 58.4 Å². The van der Waals surface area contributed by atoms with Gasteiger partial charge in [0.15, 0.2) is 5.78 Å². The van der Waals surface area contributed by atoms with Crippen LogP contribution in [0.3, 0.4) is 0 Å². The summed E-state index contributed by atoms with van der Waals surface area (Å²) in [7, 11) is 0. The summed E-state index contributed by atoms with van der Waals surface area (Å²) in [6, 6.07) is 16.8. The molecule has 2 heterocycles. The van der Waals surface area contributed by atoms with Gasteiger partial charge in [0.1, 0.15) is 13.1 Å². The third kappa shape index (κ3) is 7.57. The molecule has 5 heteroatoms. The van der Waals surface area contributed by atoms with Gasteiger partial charge in [-0.3, -0.25) is 9.59 Å². The number of amides is 1. The molecule has 4 nitrogen and oxygen atoms in total. The number of carbonyl (C=O) groups is 2. The van der Waals surface area contributed by atoms with Crippen molar-refractivity contribution in [2.75, 3.05) is 32.7 Å². The number of quaternary nitrogens is 1. The fourth-order valence-corrected chi connectivity index (χ4v) is 6.14. The van der Waals surface area contributed by atoms with Crippen LogP contribution in [0.25, 0.3) is 0 Å². The molecule has 0 aliphatic carbocycles. The number of nitrogens with zero attached hydrogens (tertiary/aromatic N) is 2. The van der Waals surface area contributed by atoms with E-state index in [1.165, 1.54) is 35.1 Å². The number of hydrogen-bond acceptors (Lipinski definition) is 2. The molecule has 1 amide bonds. The van der Waals surface area contributed by atoms with Crippen molar-refractivity contribution in [3.63, 3.8) is 0 Å². The fourth-order valence-electron chi connectivity index (χ4n) is 6.14. The second-order valence-electron chi connectivity index (χ2n) is 10.7. The van der Waals surface area contributed by atoms with Crippen LogP contribution in [-0.2, 0) is 55.3 Å². The minimum Gasteiger partial charge on any atom is -0.342 e. The van der Waals surface area contributed by atoms with Gasteiger partial charge in [-0.1, -0.05) is 61.4 Å². The van der Waals surface area contributed by atoms with Gasteiger partial charge >= 0.3 is 0 Å². The Bertz CT molecular complexity index is 965. The summed E-state index contributed by atoms with van der Waals surface area (Å²) in [6.07, 6.45) is 7.15. The predicted molar refractivity (Wildman–Crippen MR) is 137 cm³/mol. The second-order valence-corrected chi connectivity index (χ2v) is 10.7. The van der Waals surface area contributed by atoms with E-state index >= 15 is 0 Å². The van der Waals surface area contributed by atoms with E-state index in [9.17, 15) is 9.59 Å².